The number of thiocarbonyl (C=S) groups is 1. The number of halogens is 1. The summed E-state index contributed by atoms with van der Waals surface area (Å²) < 4.78 is 5.01. The number of ether oxygens (including phenoxy) is 1. The van der Waals surface area contributed by atoms with Crippen LogP contribution in [0.2, 0.25) is 5.02 Å². The first-order valence-electron chi connectivity index (χ1n) is 3.20. The van der Waals surface area contributed by atoms with Gasteiger partial charge in [-0.3, -0.25) is 0 Å². The number of para-hydroxylation sites is 1. The highest BCUT2D eigenvalue weighted by molar-refractivity contribution is 7.78. The van der Waals surface area contributed by atoms with Crippen LogP contribution in [0.5, 0.6) is 5.75 Å². The number of hydrogen-bond acceptors (Lipinski definition) is 3. The summed E-state index contributed by atoms with van der Waals surface area (Å²) in [6.07, 6.45) is 0. The normalized spacial score (nSPS) is 8.83. The molecule has 62 valence electrons. The predicted octanol–water partition coefficient (Wildman–Crippen LogP) is 3.08. The first-order valence-corrected chi connectivity index (χ1v) is 3.98. The van der Waals surface area contributed by atoms with E-state index in [0.29, 0.717) is 16.5 Å². The van der Waals surface area contributed by atoms with E-state index in [-0.39, 0.29) is 0 Å². The Morgan fingerprint density at radius 2 is 2.33 bits per heavy atom. The van der Waals surface area contributed by atoms with Crippen LogP contribution in [0.25, 0.3) is 0 Å². The van der Waals surface area contributed by atoms with Gasteiger partial charge >= 0.3 is 0 Å². The maximum atomic E-state index is 5.83. The number of isothiocyanates is 1. The average Bonchev–Trinajstić information content (AvgIpc) is 2.09. The number of benzene rings is 1. The number of methoxy groups -OCH3 is 1. The molecule has 0 aliphatic carbocycles. The Morgan fingerprint density at radius 3 is 2.92 bits per heavy atom. The Hall–Kier alpha value is -0.890. The molecule has 0 saturated carbocycles. The quantitative estimate of drug-likeness (QED) is 0.539. The van der Waals surface area contributed by atoms with Crippen molar-refractivity contribution < 1.29 is 4.74 Å². The third-order valence-electron chi connectivity index (χ3n) is 1.33. The van der Waals surface area contributed by atoms with Gasteiger partial charge in [0.25, 0.3) is 0 Å². The predicted molar refractivity (Wildman–Crippen MR) is 52.7 cm³/mol. The molecular formula is C8H6ClNOS. The monoisotopic (exact) mass is 199 g/mol. The molecule has 1 aromatic rings. The summed E-state index contributed by atoms with van der Waals surface area (Å²) in [6.45, 7) is 0. The second-order valence-electron chi connectivity index (χ2n) is 1.99. The molecule has 0 atom stereocenters. The van der Waals surface area contributed by atoms with Crippen molar-refractivity contribution in [2.45, 2.75) is 0 Å². The van der Waals surface area contributed by atoms with Gasteiger partial charge in [0.15, 0.2) is 0 Å². The lowest BCUT2D eigenvalue weighted by Gasteiger charge is -2.03. The molecule has 2 nitrogen and oxygen atoms in total. The minimum atomic E-state index is 0.506. The van der Waals surface area contributed by atoms with Crippen LogP contribution in [-0.2, 0) is 0 Å². The Kier molecular flexibility index (Phi) is 3.23. The van der Waals surface area contributed by atoms with Gasteiger partial charge in [0.1, 0.15) is 11.4 Å². The van der Waals surface area contributed by atoms with Crippen LogP contribution >= 0.6 is 23.8 Å². The maximum absolute atomic E-state index is 5.83. The fourth-order valence-electron chi connectivity index (χ4n) is 0.814. The molecule has 4 heteroatoms. The van der Waals surface area contributed by atoms with Gasteiger partial charge in [-0.05, 0) is 24.4 Å². The molecule has 0 fully saturated rings. The van der Waals surface area contributed by atoms with Crippen molar-refractivity contribution in [3.05, 3.63) is 23.2 Å². The number of nitrogens with zero attached hydrogens (tertiary/aromatic N) is 1. The van der Waals surface area contributed by atoms with Gasteiger partial charge in [-0.25, -0.2) is 0 Å². The molecule has 0 aliphatic rings. The van der Waals surface area contributed by atoms with Gasteiger partial charge in [0.05, 0.1) is 17.3 Å². The molecule has 0 N–H and O–H groups in total. The first-order chi connectivity index (χ1) is 5.79. The van der Waals surface area contributed by atoms with E-state index in [9.17, 15) is 0 Å². The first kappa shape index (κ1) is 9.20. The molecule has 0 bridgehead atoms. The van der Waals surface area contributed by atoms with Crippen LogP contribution in [-0.4, -0.2) is 12.3 Å². The molecule has 1 rings (SSSR count). The summed E-state index contributed by atoms with van der Waals surface area (Å²) in [4.78, 5) is 3.78. The molecule has 0 spiro atoms. The Bertz CT molecular complexity index is 334. The molecule has 0 saturated heterocycles. The number of aliphatic imine (C=N–C) groups is 1. The maximum Gasteiger partial charge on any atom is 0.146 e. The highest BCUT2D eigenvalue weighted by atomic mass is 35.5. The standard InChI is InChI=1S/C8H6ClNOS/c1-11-7-4-2-3-6(9)8(7)10-5-12/h2-4H,1H3. The largest absolute Gasteiger partial charge is 0.494 e. The lowest BCUT2D eigenvalue weighted by atomic mass is 10.3. The van der Waals surface area contributed by atoms with Crippen LogP contribution in [0, 0.1) is 0 Å². The Morgan fingerprint density at radius 1 is 1.58 bits per heavy atom. The van der Waals surface area contributed by atoms with Crippen molar-refractivity contribution in [1.29, 1.82) is 0 Å². The molecule has 0 aromatic heterocycles. The lowest BCUT2D eigenvalue weighted by molar-refractivity contribution is 0.416. The van der Waals surface area contributed by atoms with Gasteiger partial charge in [0.2, 0.25) is 0 Å². The molecule has 0 unspecified atom stereocenters. The van der Waals surface area contributed by atoms with Gasteiger partial charge in [-0.2, -0.15) is 4.99 Å². The van der Waals surface area contributed by atoms with Crippen LogP contribution in [0.1, 0.15) is 0 Å². The molecule has 0 heterocycles. The third-order valence-corrected chi connectivity index (χ3v) is 1.72. The summed E-state index contributed by atoms with van der Waals surface area (Å²) in [5.41, 5.74) is 0.525. The van der Waals surface area contributed by atoms with E-state index in [0.717, 1.165) is 0 Å². The van der Waals surface area contributed by atoms with Crippen molar-refractivity contribution >= 4 is 34.7 Å². The smallest absolute Gasteiger partial charge is 0.146 e. The average molecular weight is 200 g/mol. The van der Waals surface area contributed by atoms with E-state index >= 15 is 0 Å². The van der Waals surface area contributed by atoms with E-state index in [1.807, 2.05) is 0 Å². The van der Waals surface area contributed by atoms with Crippen molar-refractivity contribution in [2.24, 2.45) is 4.99 Å². The van der Waals surface area contributed by atoms with Crippen LogP contribution in [0.15, 0.2) is 23.2 Å². The van der Waals surface area contributed by atoms with Crippen molar-refractivity contribution in [3.63, 3.8) is 0 Å². The third kappa shape index (κ3) is 1.83. The van der Waals surface area contributed by atoms with E-state index in [4.69, 9.17) is 16.3 Å². The van der Waals surface area contributed by atoms with E-state index < -0.39 is 0 Å². The molecule has 0 amide bonds. The summed E-state index contributed by atoms with van der Waals surface area (Å²) in [5.74, 6) is 0.597. The fourth-order valence-corrected chi connectivity index (χ4v) is 1.11. The van der Waals surface area contributed by atoms with Gasteiger partial charge < -0.3 is 4.74 Å². The topological polar surface area (TPSA) is 21.6 Å². The minimum absolute atomic E-state index is 0.506. The molecule has 0 radical (unpaired) electrons. The number of hydrogen-bond donors (Lipinski definition) is 0. The fraction of sp³-hybridized carbons (Fsp3) is 0.125. The zero-order chi connectivity index (χ0) is 8.97. The second-order valence-corrected chi connectivity index (χ2v) is 2.58. The summed E-state index contributed by atoms with van der Waals surface area (Å²) in [6, 6.07) is 5.26. The zero-order valence-corrected chi connectivity index (χ0v) is 7.95. The summed E-state index contributed by atoms with van der Waals surface area (Å²) in [7, 11) is 1.55. The second kappa shape index (κ2) is 4.21. The van der Waals surface area contributed by atoms with Crippen molar-refractivity contribution in [3.8, 4) is 5.75 Å². The lowest BCUT2D eigenvalue weighted by Crippen LogP contribution is -1.82. The van der Waals surface area contributed by atoms with Crippen molar-refractivity contribution in [1.82, 2.24) is 0 Å². The Balaban J connectivity index is 3.28. The molecule has 0 aliphatic heterocycles. The van der Waals surface area contributed by atoms with Gasteiger partial charge in [-0.1, -0.05) is 17.7 Å². The van der Waals surface area contributed by atoms with Crippen LogP contribution in [0.4, 0.5) is 5.69 Å². The number of rotatable bonds is 2. The van der Waals surface area contributed by atoms with E-state index in [1.165, 1.54) is 0 Å². The highest BCUT2D eigenvalue weighted by Crippen LogP contribution is 2.34. The molecule has 1 aromatic carbocycles. The van der Waals surface area contributed by atoms with E-state index in [1.54, 1.807) is 25.3 Å². The summed E-state index contributed by atoms with van der Waals surface area (Å²) >= 11 is 10.3. The Labute approximate surface area is 80.8 Å². The zero-order valence-electron chi connectivity index (χ0n) is 6.37. The SMILES string of the molecule is COc1cccc(Cl)c1N=C=S. The highest BCUT2D eigenvalue weighted by Gasteiger charge is 2.04. The molecular weight excluding hydrogens is 194 g/mol. The van der Waals surface area contributed by atoms with Crippen LogP contribution < -0.4 is 4.74 Å². The minimum Gasteiger partial charge on any atom is -0.494 e. The van der Waals surface area contributed by atoms with E-state index in [2.05, 4.69) is 22.4 Å². The van der Waals surface area contributed by atoms with Crippen LogP contribution in [0.3, 0.4) is 0 Å². The summed E-state index contributed by atoms with van der Waals surface area (Å²) in [5, 5.41) is 2.75. The van der Waals surface area contributed by atoms with Crippen molar-refractivity contribution in [2.75, 3.05) is 7.11 Å². The van der Waals surface area contributed by atoms with Gasteiger partial charge in [-0.15, -0.1) is 0 Å². The van der Waals surface area contributed by atoms with Gasteiger partial charge in [0, 0.05) is 0 Å². The molecule has 12 heavy (non-hydrogen) atoms.